The molecule has 0 spiro atoms. The maximum atomic E-state index is 10.5. The highest BCUT2D eigenvalue weighted by molar-refractivity contribution is 5.39. The Morgan fingerprint density at radius 2 is 0.978 bits per heavy atom. The Morgan fingerprint density at radius 3 is 1.43 bits per heavy atom. The molecule has 0 saturated heterocycles. The molecule has 8 N–H and O–H groups in total. The molecule has 8 nitrogen and oxygen atoms in total. The van der Waals surface area contributed by atoms with Crippen LogP contribution in [0.5, 0.6) is 0 Å². The fourth-order valence-corrected chi connectivity index (χ4v) is 16.9. The minimum Gasteiger partial charge on any atom is -0.393 e. The molecule has 0 bridgehead atoms. The lowest BCUT2D eigenvalue weighted by molar-refractivity contribution is 0.0186. The molecule has 6 aliphatic carbocycles. The maximum absolute atomic E-state index is 10.5. The lowest BCUT2D eigenvalue weighted by atomic mass is 9.62. The van der Waals surface area contributed by atoms with E-state index < -0.39 is 47.8 Å². The standard InChI is InChI=1S/2C27H46O3.C27H46O2/c1-7-15-27(6)22(12-8-11-21-17-23(28)18-25(29)20(21)3)13-14-24(27)19(2)10-9-16-26(4,5)30;1-7-27(30,8-2)16-10-9-15-26(6)17-14-22(25(26,4)5)13-11-12-21-18-23(28)19-24(29)20(21)3;1-19(10-9-15-26(3,4)5)22-13-14-23(27(6,7)18-22)12-8-11-21-16-24(28)17-25(29)20(21)2/h8,11-12,19,22-25,28-30H,3,7,9-10,13-18H2,1-2,4-6H3;11-13,22-24,28-30H,3,7-10,14-19H2,1-2,4-6H3;8,11-12,19,22-25,28-29H,2,9-10,13-18H2,1,3-7H3/b12-8+,21-11-;13-11+,21-12-;12-8+,21-11-/t19-,22-,23-,24-,25+,27+;22-,23-,24+,26+;19-,22+,23?,24-,25+/m111/s1. The Labute approximate surface area is 546 Å². The van der Waals surface area contributed by atoms with E-state index in [4.69, 9.17) is 0 Å². The van der Waals surface area contributed by atoms with Crippen LogP contribution in [-0.4, -0.2) is 88.7 Å². The first-order chi connectivity index (χ1) is 41.3. The van der Waals surface area contributed by atoms with Crippen LogP contribution in [0.2, 0.25) is 0 Å². The van der Waals surface area contributed by atoms with Crippen molar-refractivity contribution in [2.24, 2.45) is 68.5 Å². The van der Waals surface area contributed by atoms with E-state index in [2.05, 4.69) is 165 Å². The highest BCUT2D eigenvalue weighted by Gasteiger charge is 2.50. The number of aliphatic hydroxyl groups excluding tert-OH is 6. The topological polar surface area (TPSA) is 162 Å². The highest BCUT2D eigenvalue weighted by atomic mass is 16.3. The number of aliphatic hydroxyl groups is 8. The van der Waals surface area contributed by atoms with Crippen LogP contribution in [0.15, 0.2) is 108 Å². The van der Waals surface area contributed by atoms with Crippen LogP contribution in [0.4, 0.5) is 0 Å². The summed E-state index contributed by atoms with van der Waals surface area (Å²) in [5, 5.41) is 80.5. The van der Waals surface area contributed by atoms with Gasteiger partial charge in [0.25, 0.3) is 0 Å². The van der Waals surface area contributed by atoms with Gasteiger partial charge in [-0.1, -0.05) is 216 Å². The van der Waals surface area contributed by atoms with Gasteiger partial charge in [0.2, 0.25) is 0 Å². The first kappa shape index (κ1) is 78.8. The van der Waals surface area contributed by atoms with E-state index in [0.29, 0.717) is 83.9 Å². The van der Waals surface area contributed by atoms with Gasteiger partial charge < -0.3 is 40.9 Å². The Hall–Kier alpha value is -2.66. The monoisotopic (exact) mass is 1240 g/mol. The molecule has 8 heteroatoms. The van der Waals surface area contributed by atoms with E-state index in [0.717, 1.165) is 89.7 Å². The second kappa shape index (κ2) is 34.7. The molecule has 6 saturated carbocycles. The van der Waals surface area contributed by atoms with Crippen LogP contribution < -0.4 is 0 Å². The molecular formula is C81H138O8. The minimum absolute atomic E-state index is 0.219. The van der Waals surface area contributed by atoms with Gasteiger partial charge in [-0.25, -0.2) is 0 Å². The van der Waals surface area contributed by atoms with Gasteiger partial charge in [-0.05, 0) is 225 Å². The van der Waals surface area contributed by atoms with Gasteiger partial charge in [-0.3, -0.25) is 0 Å². The van der Waals surface area contributed by atoms with Crippen molar-refractivity contribution < 1.29 is 40.9 Å². The van der Waals surface area contributed by atoms with Gasteiger partial charge in [0.05, 0.1) is 47.8 Å². The van der Waals surface area contributed by atoms with Crippen LogP contribution in [-0.2, 0) is 0 Å². The lowest BCUT2D eigenvalue weighted by Crippen LogP contribution is -2.34. The lowest BCUT2D eigenvalue weighted by Gasteiger charge is -2.43. The molecule has 0 aliphatic heterocycles. The Morgan fingerprint density at radius 1 is 0.528 bits per heavy atom. The quantitative estimate of drug-likeness (QED) is 0.0443. The maximum Gasteiger partial charge on any atom is 0.0811 e. The zero-order chi connectivity index (χ0) is 66.9. The van der Waals surface area contributed by atoms with Crippen LogP contribution in [0.3, 0.4) is 0 Å². The molecular weight excluding hydrogens is 1100 g/mol. The molecule has 6 fully saturated rings. The minimum atomic E-state index is -0.627. The SMILES string of the molecule is C=C1/C(=C\C=C\C2CC[C@H]([C@H](C)CCCC(C)(C)C)CC2(C)C)C[C@@H](O)C[C@@H]1O.C=C1/C(=C\C=C\[C@@H]2CC[C@H]([C@H](C)CCCC(C)(C)O)[C@@]2(C)CCC)C[C@@H](O)C[C@@H]1O.C=C1/C(=C\C=C\[C@@H]2CC[C@](C)(CCCCC(O)(CC)CC)C2(C)C)C[C@@H](O)C[C@@H]1O. The van der Waals surface area contributed by atoms with Crippen molar-refractivity contribution >= 4 is 0 Å². The van der Waals surface area contributed by atoms with Crippen molar-refractivity contribution in [3.63, 3.8) is 0 Å². The zero-order valence-electron chi connectivity index (χ0n) is 60.0. The largest absolute Gasteiger partial charge is 0.393 e. The fourth-order valence-electron chi connectivity index (χ4n) is 16.9. The second-order valence-corrected chi connectivity index (χ2v) is 33.5. The molecule has 6 rings (SSSR count). The summed E-state index contributed by atoms with van der Waals surface area (Å²) in [5.41, 5.74) is 5.78. The van der Waals surface area contributed by atoms with Gasteiger partial charge in [-0.2, -0.15) is 0 Å². The molecule has 0 amide bonds. The van der Waals surface area contributed by atoms with Crippen molar-refractivity contribution in [3.05, 3.63) is 108 Å². The summed E-state index contributed by atoms with van der Waals surface area (Å²) in [6.45, 7) is 48.8. The average Bonchev–Trinajstić information content (AvgIpc) is 2.09. The molecule has 15 atom stereocenters. The molecule has 0 aromatic rings. The third-order valence-electron chi connectivity index (χ3n) is 24.1. The molecule has 0 aromatic heterocycles. The van der Waals surface area contributed by atoms with Gasteiger partial charge in [0.15, 0.2) is 0 Å². The summed E-state index contributed by atoms with van der Waals surface area (Å²) in [6, 6.07) is 0. The summed E-state index contributed by atoms with van der Waals surface area (Å²) >= 11 is 0. The van der Waals surface area contributed by atoms with E-state index in [1.54, 1.807) is 0 Å². The number of allylic oxidation sites excluding steroid dienone is 9. The molecule has 6 aliphatic rings. The molecule has 89 heavy (non-hydrogen) atoms. The van der Waals surface area contributed by atoms with Gasteiger partial charge >= 0.3 is 0 Å². The van der Waals surface area contributed by atoms with E-state index in [-0.39, 0.29) is 5.41 Å². The van der Waals surface area contributed by atoms with E-state index in [1.165, 1.54) is 96.3 Å². The number of rotatable bonds is 24. The van der Waals surface area contributed by atoms with Crippen LogP contribution in [0.25, 0.3) is 0 Å². The van der Waals surface area contributed by atoms with Gasteiger partial charge in [-0.15, -0.1) is 0 Å². The third kappa shape index (κ3) is 23.6. The van der Waals surface area contributed by atoms with Crippen LogP contribution in [0.1, 0.15) is 284 Å². The first-order valence-electron chi connectivity index (χ1n) is 36.1. The first-order valence-corrected chi connectivity index (χ1v) is 36.1. The van der Waals surface area contributed by atoms with Crippen molar-refractivity contribution in [1.29, 1.82) is 0 Å². The second-order valence-electron chi connectivity index (χ2n) is 33.5. The van der Waals surface area contributed by atoms with E-state index in [9.17, 15) is 40.9 Å². The fraction of sp³-hybridized carbons (Fsp3) is 0.778. The zero-order valence-corrected chi connectivity index (χ0v) is 60.0. The number of hydrogen-bond acceptors (Lipinski definition) is 8. The predicted molar refractivity (Wildman–Crippen MR) is 377 cm³/mol. The molecule has 0 aromatic carbocycles. The Kier molecular flexibility index (Phi) is 30.7. The molecule has 1 unspecified atom stereocenters. The third-order valence-corrected chi connectivity index (χ3v) is 24.1. The van der Waals surface area contributed by atoms with E-state index >= 15 is 0 Å². The smallest absolute Gasteiger partial charge is 0.0811 e. The van der Waals surface area contributed by atoms with Crippen LogP contribution in [0, 0.1) is 68.5 Å². The average molecular weight is 1240 g/mol. The Bertz CT molecular complexity index is 2390. The van der Waals surface area contributed by atoms with Crippen LogP contribution >= 0.6 is 0 Å². The summed E-state index contributed by atoms with van der Waals surface area (Å²) < 4.78 is 0. The summed E-state index contributed by atoms with van der Waals surface area (Å²) in [6.07, 6.45) is 43.8. The van der Waals surface area contributed by atoms with Crippen molar-refractivity contribution in [2.45, 2.75) is 332 Å². The number of hydrogen-bond donors (Lipinski definition) is 8. The summed E-state index contributed by atoms with van der Waals surface area (Å²) in [4.78, 5) is 0. The predicted octanol–water partition coefficient (Wildman–Crippen LogP) is 18.9. The normalized spacial score (nSPS) is 34.2. The molecule has 0 heterocycles. The van der Waals surface area contributed by atoms with Gasteiger partial charge in [0, 0.05) is 19.3 Å². The highest BCUT2D eigenvalue weighted by Crippen LogP contribution is 2.59. The summed E-state index contributed by atoms with van der Waals surface area (Å²) in [7, 11) is 0. The molecule has 510 valence electrons. The van der Waals surface area contributed by atoms with E-state index in [1.807, 2.05) is 19.9 Å². The van der Waals surface area contributed by atoms with Crippen molar-refractivity contribution in [2.75, 3.05) is 0 Å². The van der Waals surface area contributed by atoms with Crippen molar-refractivity contribution in [1.82, 2.24) is 0 Å². The number of unbranched alkanes of at least 4 members (excludes halogenated alkanes) is 1. The molecule has 0 radical (unpaired) electrons. The Balaban J connectivity index is 0.000000285. The van der Waals surface area contributed by atoms with Crippen molar-refractivity contribution in [3.8, 4) is 0 Å². The van der Waals surface area contributed by atoms with Gasteiger partial charge in [0.1, 0.15) is 0 Å². The summed E-state index contributed by atoms with van der Waals surface area (Å²) in [5.74, 6) is 4.72.